The van der Waals surface area contributed by atoms with E-state index in [-0.39, 0.29) is 5.91 Å². The van der Waals surface area contributed by atoms with Gasteiger partial charge in [-0.25, -0.2) is 0 Å². The molecule has 3 rings (SSSR count). The number of carbonyl (C=O) groups is 1. The van der Waals surface area contributed by atoms with Crippen LogP contribution in [0.15, 0.2) is 12.1 Å². The second kappa shape index (κ2) is 5.32. The molecule has 1 saturated heterocycles. The van der Waals surface area contributed by atoms with Gasteiger partial charge in [0.25, 0.3) is 0 Å². The van der Waals surface area contributed by atoms with Crippen LogP contribution in [0.3, 0.4) is 0 Å². The van der Waals surface area contributed by atoms with Gasteiger partial charge in [-0.1, -0.05) is 0 Å². The third kappa shape index (κ3) is 2.45. The molecule has 1 aromatic rings. The molecule has 2 heterocycles. The second-order valence-electron chi connectivity index (χ2n) is 5.57. The number of rotatable bonds is 2. The van der Waals surface area contributed by atoms with Crippen molar-refractivity contribution in [3.8, 4) is 0 Å². The maximum atomic E-state index is 11.4. The van der Waals surface area contributed by atoms with Crippen molar-refractivity contribution in [2.75, 3.05) is 36.2 Å². The lowest BCUT2D eigenvalue weighted by Gasteiger charge is -2.34. The molecule has 0 radical (unpaired) electrons. The Morgan fingerprint density at radius 1 is 1.30 bits per heavy atom. The molecule has 108 valence electrons. The molecule has 2 aliphatic heterocycles. The molecule has 0 saturated carbocycles. The van der Waals surface area contributed by atoms with Crippen LogP contribution in [0.4, 0.5) is 17.1 Å². The Labute approximate surface area is 119 Å². The molecule has 5 heteroatoms. The highest BCUT2D eigenvalue weighted by molar-refractivity contribution is 5.95. The third-order valence-corrected chi connectivity index (χ3v) is 4.27. The van der Waals surface area contributed by atoms with Crippen LogP contribution in [0.25, 0.3) is 0 Å². The molecule has 1 aromatic carbocycles. The van der Waals surface area contributed by atoms with Crippen LogP contribution in [0.2, 0.25) is 0 Å². The van der Waals surface area contributed by atoms with Gasteiger partial charge < -0.3 is 20.7 Å². The fraction of sp³-hybridized carbons (Fsp3) is 0.533. The zero-order valence-corrected chi connectivity index (χ0v) is 11.8. The lowest BCUT2D eigenvalue weighted by molar-refractivity contribution is -0.116. The Morgan fingerprint density at radius 2 is 2.05 bits per heavy atom. The van der Waals surface area contributed by atoms with Crippen LogP contribution in [-0.4, -0.2) is 32.2 Å². The van der Waals surface area contributed by atoms with Crippen molar-refractivity contribution in [3.63, 3.8) is 0 Å². The summed E-state index contributed by atoms with van der Waals surface area (Å²) in [5.41, 5.74) is 10.00. The monoisotopic (exact) mass is 275 g/mol. The number of hydrogen-bond donors (Lipinski definition) is 2. The quantitative estimate of drug-likeness (QED) is 0.807. The summed E-state index contributed by atoms with van der Waals surface area (Å²) in [6, 6.07) is 4.49. The highest BCUT2D eigenvalue weighted by atomic mass is 16.5. The third-order valence-electron chi connectivity index (χ3n) is 4.27. The highest BCUT2D eigenvalue weighted by Gasteiger charge is 2.23. The standard InChI is InChI=1S/C15H21N3O2/c1-18(11-4-6-20-7-5-11)14-8-10-2-3-15(19)17-13(10)9-12(14)16/h8-9,11H,2-7,16H2,1H3,(H,17,19). The summed E-state index contributed by atoms with van der Waals surface area (Å²) in [5.74, 6) is 0.0717. The summed E-state index contributed by atoms with van der Waals surface area (Å²) < 4.78 is 5.41. The Hall–Kier alpha value is -1.75. The SMILES string of the molecule is CN(c1cc2c(cc1N)NC(=O)CC2)C1CCOCC1. The molecule has 3 N–H and O–H groups in total. The number of fused-ring (bicyclic) bond motifs is 1. The molecule has 0 bridgehead atoms. The first-order valence-corrected chi connectivity index (χ1v) is 7.18. The molecule has 0 aliphatic carbocycles. The predicted octanol–water partition coefficient (Wildman–Crippen LogP) is 1.77. The number of ether oxygens (including phenoxy) is 1. The van der Waals surface area contributed by atoms with Crippen molar-refractivity contribution in [3.05, 3.63) is 17.7 Å². The van der Waals surface area contributed by atoms with Crippen molar-refractivity contribution in [1.29, 1.82) is 0 Å². The topological polar surface area (TPSA) is 67.6 Å². The smallest absolute Gasteiger partial charge is 0.224 e. The molecule has 0 atom stereocenters. The first kappa shape index (κ1) is 13.2. The van der Waals surface area contributed by atoms with E-state index in [1.165, 1.54) is 5.56 Å². The van der Waals surface area contributed by atoms with E-state index in [0.29, 0.717) is 12.5 Å². The molecular formula is C15H21N3O2. The fourth-order valence-electron chi connectivity index (χ4n) is 3.01. The number of hydrogen-bond acceptors (Lipinski definition) is 4. The van der Waals surface area contributed by atoms with Crippen LogP contribution in [0.5, 0.6) is 0 Å². The summed E-state index contributed by atoms with van der Waals surface area (Å²) in [6.45, 7) is 1.63. The largest absolute Gasteiger partial charge is 0.397 e. The van der Waals surface area contributed by atoms with Gasteiger partial charge in [0.05, 0.1) is 11.4 Å². The van der Waals surface area contributed by atoms with Crippen LogP contribution >= 0.6 is 0 Å². The van der Waals surface area contributed by atoms with Crippen molar-refractivity contribution in [2.24, 2.45) is 0 Å². The number of nitrogens with one attached hydrogen (secondary N) is 1. The van der Waals surface area contributed by atoms with Crippen molar-refractivity contribution in [2.45, 2.75) is 31.7 Å². The van der Waals surface area contributed by atoms with Gasteiger partial charge in [0, 0.05) is 38.4 Å². The zero-order chi connectivity index (χ0) is 14.1. The van der Waals surface area contributed by atoms with Gasteiger partial charge in [-0.3, -0.25) is 4.79 Å². The normalized spacial score (nSPS) is 19.4. The van der Waals surface area contributed by atoms with Crippen LogP contribution in [-0.2, 0) is 16.0 Å². The number of amides is 1. The molecule has 20 heavy (non-hydrogen) atoms. The minimum atomic E-state index is 0.0717. The van der Waals surface area contributed by atoms with E-state index >= 15 is 0 Å². The van der Waals surface area contributed by atoms with E-state index in [2.05, 4.69) is 23.3 Å². The number of anilines is 3. The maximum Gasteiger partial charge on any atom is 0.224 e. The van der Waals surface area contributed by atoms with Gasteiger partial charge in [-0.15, -0.1) is 0 Å². The van der Waals surface area contributed by atoms with Crippen LogP contribution in [0.1, 0.15) is 24.8 Å². The summed E-state index contributed by atoms with van der Waals surface area (Å²) in [5, 5.41) is 2.89. The van der Waals surface area contributed by atoms with E-state index in [4.69, 9.17) is 10.5 Å². The first-order valence-electron chi connectivity index (χ1n) is 7.18. The Kier molecular flexibility index (Phi) is 3.53. The number of nitrogens with zero attached hydrogens (tertiary/aromatic N) is 1. The first-order chi connectivity index (χ1) is 9.65. The van der Waals surface area contributed by atoms with Gasteiger partial charge in [0.2, 0.25) is 5.91 Å². The van der Waals surface area contributed by atoms with Crippen molar-refractivity contribution in [1.82, 2.24) is 0 Å². The second-order valence-corrected chi connectivity index (χ2v) is 5.57. The van der Waals surface area contributed by atoms with Gasteiger partial charge in [0.1, 0.15) is 0 Å². The Balaban J connectivity index is 1.87. The molecule has 0 spiro atoms. The lowest BCUT2D eigenvalue weighted by Crippen LogP contribution is -2.37. The maximum absolute atomic E-state index is 11.4. The average molecular weight is 275 g/mol. The molecule has 2 aliphatic rings. The van der Waals surface area contributed by atoms with Gasteiger partial charge >= 0.3 is 0 Å². The minimum absolute atomic E-state index is 0.0717. The Morgan fingerprint density at radius 3 is 2.80 bits per heavy atom. The zero-order valence-electron chi connectivity index (χ0n) is 11.8. The van der Waals surface area contributed by atoms with Crippen LogP contribution in [0, 0.1) is 0 Å². The highest BCUT2D eigenvalue weighted by Crippen LogP contribution is 2.34. The molecule has 1 amide bonds. The number of aryl methyl sites for hydroxylation is 1. The number of nitrogens with two attached hydrogens (primary N) is 1. The van der Waals surface area contributed by atoms with E-state index in [9.17, 15) is 4.79 Å². The number of benzene rings is 1. The molecular weight excluding hydrogens is 254 g/mol. The van der Waals surface area contributed by atoms with Gasteiger partial charge in [0.15, 0.2) is 0 Å². The minimum Gasteiger partial charge on any atom is -0.397 e. The van der Waals surface area contributed by atoms with Gasteiger partial charge in [-0.05, 0) is 37.0 Å². The van der Waals surface area contributed by atoms with Crippen LogP contribution < -0.4 is 16.0 Å². The number of nitrogen functional groups attached to an aromatic ring is 1. The Bertz CT molecular complexity index is 524. The summed E-state index contributed by atoms with van der Waals surface area (Å²) in [7, 11) is 2.09. The summed E-state index contributed by atoms with van der Waals surface area (Å²) in [4.78, 5) is 13.7. The summed E-state index contributed by atoms with van der Waals surface area (Å²) in [6.07, 6.45) is 3.40. The van der Waals surface area contributed by atoms with E-state index in [1.807, 2.05) is 6.07 Å². The van der Waals surface area contributed by atoms with E-state index < -0.39 is 0 Å². The van der Waals surface area contributed by atoms with E-state index in [1.54, 1.807) is 0 Å². The molecule has 0 unspecified atom stereocenters. The summed E-state index contributed by atoms with van der Waals surface area (Å²) >= 11 is 0. The fourth-order valence-corrected chi connectivity index (χ4v) is 3.01. The molecule has 0 aromatic heterocycles. The van der Waals surface area contributed by atoms with Crippen molar-refractivity contribution < 1.29 is 9.53 Å². The average Bonchev–Trinajstić information content (AvgIpc) is 2.46. The molecule has 5 nitrogen and oxygen atoms in total. The van der Waals surface area contributed by atoms with E-state index in [0.717, 1.165) is 49.5 Å². The lowest BCUT2D eigenvalue weighted by atomic mass is 9.99. The van der Waals surface area contributed by atoms with Gasteiger partial charge in [-0.2, -0.15) is 0 Å². The van der Waals surface area contributed by atoms with Crippen molar-refractivity contribution >= 4 is 23.0 Å². The number of carbonyl (C=O) groups excluding carboxylic acids is 1. The molecule has 1 fully saturated rings. The predicted molar refractivity (Wildman–Crippen MR) is 80.0 cm³/mol.